The summed E-state index contributed by atoms with van der Waals surface area (Å²) >= 11 is 2.62. The number of thiophene rings is 1. The summed E-state index contributed by atoms with van der Waals surface area (Å²) in [7, 11) is 0. The first-order chi connectivity index (χ1) is 11.1. The van der Waals surface area contributed by atoms with Gasteiger partial charge in [0, 0.05) is 6.07 Å². The van der Waals surface area contributed by atoms with Crippen molar-refractivity contribution >= 4 is 45.0 Å². The van der Waals surface area contributed by atoms with Crippen molar-refractivity contribution in [2.24, 2.45) is 0 Å². The standard InChI is InChI=1S/C14H14N4O3S2/c1-3-9(12(20)15-10-6-7(2)21-18-10)23-14-16-11(19)8-4-5-22-13(8)17-14/h4-6,9H,3H2,1-2H3,(H,15,18,20)(H,16,17,19). The summed E-state index contributed by atoms with van der Waals surface area (Å²) < 4.78 is 4.92. The molecule has 2 N–H and O–H groups in total. The van der Waals surface area contributed by atoms with Gasteiger partial charge >= 0.3 is 0 Å². The minimum absolute atomic E-state index is 0.193. The number of hydrogen-bond acceptors (Lipinski definition) is 7. The number of aromatic amines is 1. The van der Waals surface area contributed by atoms with Gasteiger partial charge in [0.15, 0.2) is 11.0 Å². The zero-order valence-electron chi connectivity index (χ0n) is 12.5. The van der Waals surface area contributed by atoms with Crippen LogP contribution in [-0.4, -0.2) is 26.3 Å². The van der Waals surface area contributed by atoms with Crippen molar-refractivity contribution in [2.45, 2.75) is 30.7 Å². The van der Waals surface area contributed by atoms with E-state index < -0.39 is 5.25 Å². The SMILES string of the molecule is CCC(Sc1nc2sccc2c(=O)[nH]1)C(=O)Nc1cc(C)on1. The van der Waals surface area contributed by atoms with Crippen LogP contribution in [0, 0.1) is 6.92 Å². The van der Waals surface area contributed by atoms with Crippen molar-refractivity contribution in [3.63, 3.8) is 0 Å². The number of carbonyl (C=O) groups excluding carboxylic acids is 1. The molecule has 0 aromatic carbocycles. The van der Waals surface area contributed by atoms with Crippen LogP contribution in [0.2, 0.25) is 0 Å². The molecule has 3 rings (SSSR count). The quantitative estimate of drug-likeness (QED) is 0.542. The van der Waals surface area contributed by atoms with Gasteiger partial charge in [0.1, 0.15) is 10.6 Å². The van der Waals surface area contributed by atoms with E-state index in [0.29, 0.717) is 33.4 Å². The zero-order valence-corrected chi connectivity index (χ0v) is 14.1. The first kappa shape index (κ1) is 15.8. The fraction of sp³-hybridized carbons (Fsp3) is 0.286. The zero-order chi connectivity index (χ0) is 16.4. The smallest absolute Gasteiger partial charge is 0.260 e. The lowest BCUT2D eigenvalue weighted by atomic mass is 10.3. The predicted molar refractivity (Wildman–Crippen MR) is 90.0 cm³/mol. The van der Waals surface area contributed by atoms with Crippen molar-refractivity contribution in [3.05, 3.63) is 33.6 Å². The fourth-order valence-electron chi connectivity index (χ4n) is 1.99. The van der Waals surface area contributed by atoms with Gasteiger partial charge in [-0.15, -0.1) is 11.3 Å². The molecule has 1 unspecified atom stereocenters. The average Bonchev–Trinajstić information content (AvgIpc) is 3.13. The second-order valence-corrected chi connectivity index (χ2v) is 6.92. The number of anilines is 1. The second kappa shape index (κ2) is 6.55. The molecule has 1 atom stereocenters. The van der Waals surface area contributed by atoms with Crippen LogP contribution in [0.5, 0.6) is 0 Å². The minimum Gasteiger partial charge on any atom is -0.360 e. The monoisotopic (exact) mass is 350 g/mol. The number of aryl methyl sites for hydroxylation is 1. The van der Waals surface area contributed by atoms with Gasteiger partial charge in [0.2, 0.25) is 5.91 Å². The van der Waals surface area contributed by atoms with E-state index in [4.69, 9.17) is 4.52 Å². The Morgan fingerprint density at radius 1 is 1.57 bits per heavy atom. The number of fused-ring (bicyclic) bond motifs is 1. The third-order valence-electron chi connectivity index (χ3n) is 3.11. The number of hydrogen-bond donors (Lipinski definition) is 2. The molecule has 7 nitrogen and oxygen atoms in total. The maximum absolute atomic E-state index is 12.3. The largest absolute Gasteiger partial charge is 0.360 e. The highest BCUT2D eigenvalue weighted by Crippen LogP contribution is 2.25. The van der Waals surface area contributed by atoms with Crippen LogP contribution in [0.3, 0.4) is 0 Å². The van der Waals surface area contributed by atoms with E-state index in [0.717, 1.165) is 0 Å². The number of nitrogens with one attached hydrogen (secondary N) is 2. The lowest BCUT2D eigenvalue weighted by molar-refractivity contribution is -0.115. The van der Waals surface area contributed by atoms with Crippen molar-refractivity contribution in [2.75, 3.05) is 5.32 Å². The molecule has 0 bridgehead atoms. The number of rotatable bonds is 5. The molecule has 0 aliphatic rings. The molecule has 0 fully saturated rings. The molecule has 3 aromatic rings. The van der Waals surface area contributed by atoms with Crippen LogP contribution < -0.4 is 10.9 Å². The van der Waals surface area contributed by atoms with Gasteiger partial charge in [-0.3, -0.25) is 9.59 Å². The molecule has 0 aliphatic carbocycles. The third-order valence-corrected chi connectivity index (χ3v) is 5.16. The molecular weight excluding hydrogens is 336 g/mol. The molecule has 0 spiro atoms. The van der Waals surface area contributed by atoms with E-state index in [1.54, 1.807) is 19.1 Å². The van der Waals surface area contributed by atoms with Gasteiger partial charge < -0.3 is 14.8 Å². The normalized spacial score (nSPS) is 12.4. The maximum Gasteiger partial charge on any atom is 0.260 e. The molecule has 9 heteroatoms. The summed E-state index contributed by atoms with van der Waals surface area (Å²) in [6, 6.07) is 3.38. The Bertz CT molecular complexity index is 899. The summed E-state index contributed by atoms with van der Waals surface area (Å²) in [4.78, 5) is 32.1. The van der Waals surface area contributed by atoms with Gasteiger partial charge in [0.05, 0.1) is 10.6 Å². The molecule has 0 aliphatic heterocycles. The van der Waals surface area contributed by atoms with Crippen molar-refractivity contribution in [1.29, 1.82) is 0 Å². The van der Waals surface area contributed by atoms with Crippen LogP contribution in [0.15, 0.2) is 32.0 Å². The van der Waals surface area contributed by atoms with Crippen LogP contribution in [0.25, 0.3) is 10.2 Å². The van der Waals surface area contributed by atoms with E-state index in [2.05, 4.69) is 20.4 Å². The van der Waals surface area contributed by atoms with Crippen LogP contribution >= 0.6 is 23.1 Å². The van der Waals surface area contributed by atoms with E-state index in [1.165, 1.54) is 23.1 Å². The number of nitrogens with zero attached hydrogens (tertiary/aromatic N) is 2. The average molecular weight is 350 g/mol. The third kappa shape index (κ3) is 3.45. The van der Waals surface area contributed by atoms with Crippen LogP contribution in [-0.2, 0) is 4.79 Å². The summed E-state index contributed by atoms with van der Waals surface area (Å²) in [6.07, 6.45) is 0.583. The van der Waals surface area contributed by atoms with E-state index in [9.17, 15) is 9.59 Å². The number of aromatic nitrogens is 3. The molecule has 0 saturated carbocycles. The Labute approximate surface area is 139 Å². The lowest BCUT2D eigenvalue weighted by Gasteiger charge is -2.12. The highest BCUT2D eigenvalue weighted by Gasteiger charge is 2.21. The lowest BCUT2D eigenvalue weighted by Crippen LogP contribution is -2.25. The number of thioether (sulfide) groups is 1. The molecular formula is C14H14N4O3S2. The Balaban J connectivity index is 1.77. The topological polar surface area (TPSA) is 101 Å². The molecule has 3 heterocycles. The Hall–Kier alpha value is -2.13. The van der Waals surface area contributed by atoms with Gasteiger partial charge in [-0.25, -0.2) is 4.98 Å². The summed E-state index contributed by atoms with van der Waals surface area (Å²) in [5.74, 6) is 0.789. The predicted octanol–water partition coefficient (Wildman–Crippen LogP) is 2.79. The highest BCUT2D eigenvalue weighted by atomic mass is 32.2. The van der Waals surface area contributed by atoms with Crippen molar-refractivity contribution in [3.8, 4) is 0 Å². The summed E-state index contributed by atoms with van der Waals surface area (Å²) in [5.41, 5.74) is -0.193. The molecule has 0 saturated heterocycles. The Morgan fingerprint density at radius 2 is 2.39 bits per heavy atom. The minimum atomic E-state index is -0.396. The van der Waals surface area contributed by atoms with E-state index in [1.807, 2.05) is 12.3 Å². The van der Waals surface area contributed by atoms with Crippen molar-refractivity contribution < 1.29 is 9.32 Å². The Kier molecular flexibility index (Phi) is 4.49. The second-order valence-electron chi connectivity index (χ2n) is 4.84. The van der Waals surface area contributed by atoms with E-state index in [-0.39, 0.29) is 11.5 Å². The maximum atomic E-state index is 12.3. The van der Waals surface area contributed by atoms with Gasteiger partial charge in [0.25, 0.3) is 5.56 Å². The Morgan fingerprint density at radius 3 is 3.09 bits per heavy atom. The first-order valence-corrected chi connectivity index (χ1v) is 8.71. The summed E-state index contributed by atoms with van der Waals surface area (Å²) in [5, 5.41) is 8.86. The summed E-state index contributed by atoms with van der Waals surface area (Å²) in [6.45, 7) is 3.65. The van der Waals surface area contributed by atoms with Crippen molar-refractivity contribution in [1.82, 2.24) is 15.1 Å². The van der Waals surface area contributed by atoms with Gasteiger partial charge in [-0.05, 0) is 24.8 Å². The van der Waals surface area contributed by atoms with Crippen LogP contribution in [0.1, 0.15) is 19.1 Å². The first-order valence-electron chi connectivity index (χ1n) is 6.95. The van der Waals surface area contributed by atoms with Crippen LogP contribution in [0.4, 0.5) is 5.82 Å². The molecule has 0 radical (unpaired) electrons. The van der Waals surface area contributed by atoms with Gasteiger partial charge in [-0.2, -0.15) is 0 Å². The highest BCUT2D eigenvalue weighted by molar-refractivity contribution is 8.00. The molecule has 1 amide bonds. The number of carbonyl (C=O) groups is 1. The number of amides is 1. The molecule has 120 valence electrons. The number of H-pyrrole nitrogens is 1. The van der Waals surface area contributed by atoms with Gasteiger partial charge in [-0.1, -0.05) is 23.8 Å². The fourth-order valence-corrected chi connectivity index (χ4v) is 3.71. The molecule has 23 heavy (non-hydrogen) atoms. The van der Waals surface area contributed by atoms with E-state index >= 15 is 0 Å². The molecule has 3 aromatic heterocycles.